The fourth-order valence-electron chi connectivity index (χ4n) is 14.6. The molecule has 41 nitrogen and oxygen atoms in total. The number of aromatic hydroxyl groups is 1. The molecule has 4 heterocycles. The zero-order valence-corrected chi connectivity index (χ0v) is 68.1. The SMILES string of the molecule is CC(C)CC(NC(=O)CC[C@H]1NC(=O)[C@H](Cc2c[nH]c3ccccc23)NC(=O)[C@@H]2CCCN2C(=O)[C@H](CCCCN)NC(=O)[C@@H](CCCN=C(N)N)N(C(=O)[C@@H]2CCCN2C(=O)[C@H](CCCCN)NC(=O)[C@H](CC(N)=O)NC(=O)[C@H](CCC(=O)O)NC(=O)[C@H](Cc2ccc(O)cc2)NC(=O)[C@H](CC(C)C)NC(=O)[C@@H](N)CCC(=O)O)C1=O)C(=O)O. The van der Waals surface area contributed by atoms with Crippen molar-refractivity contribution in [2.24, 2.45) is 51.2 Å². The number of guanidine groups is 1. The molecule has 660 valence electrons. The summed E-state index contributed by atoms with van der Waals surface area (Å²) in [6.45, 7) is 6.52. The van der Waals surface area contributed by atoms with E-state index >= 15 is 28.8 Å². The fraction of sp³-hybridized carbons (Fsp3) is 0.595. The molecule has 120 heavy (non-hydrogen) atoms. The maximum atomic E-state index is 16.4. The highest BCUT2D eigenvalue weighted by Crippen LogP contribution is 2.29. The molecule has 1 aromatic heterocycles. The number of nitrogens with two attached hydrogens (primary N) is 6. The number of carboxylic acids is 3. The summed E-state index contributed by atoms with van der Waals surface area (Å²) < 4.78 is 0. The molecule has 3 fully saturated rings. The number of carbonyl (C=O) groups excluding carboxylic acids is 14. The smallest absolute Gasteiger partial charge is 0.326 e. The number of likely N-dealkylation sites (tertiary alicyclic amines) is 1. The lowest BCUT2D eigenvalue weighted by atomic mass is 9.99. The van der Waals surface area contributed by atoms with E-state index in [1.807, 2.05) is 0 Å². The van der Waals surface area contributed by atoms with Crippen molar-refractivity contribution in [3.8, 4) is 5.75 Å². The summed E-state index contributed by atoms with van der Waals surface area (Å²) in [6.07, 6.45) is -4.05. The van der Waals surface area contributed by atoms with Crippen molar-refractivity contribution in [3.05, 3.63) is 65.9 Å². The number of rotatable bonds is 45. The Balaban J connectivity index is 1.44. The molecule has 3 aromatic rings. The Bertz CT molecular complexity index is 4150. The lowest BCUT2D eigenvalue weighted by Crippen LogP contribution is -2.64. The average molecular weight is 1680 g/mol. The Labute approximate surface area is 693 Å². The number of H-pyrrole nitrogens is 1. The first-order valence-electron chi connectivity index (χ1n) is 40.6. The van der Waals surface area contributed by atoms with Crippen LogP contribution in [0, 0.1) is 11.8 Å². The van der Waals surface area contributed by atoms with Crippen LogP contribution in [0.3, 0.4) is 0 Å². The van der Waals surface area contributed by atoms with Gasteiger partial charge in [0.1, 0.15) is 78.3 Å². The van der Waals surface area contributed by atoms with Crippen LogP contribution in [0.4, 0.5) is 0 Å². The molecule has 3 aliphatic rings. The number of aromatic amines is 1. The van der Waals surface area contributed by atoms with Crippen molar-refractivity contribution in [1.82, 2.24) is 67.5 Å². The van der Waals surface area contributed by atoms with Gasteiger partial charge >= 0.3 is 17.9 Å². The number of aliphatic imine (C=N–C) groups is 1. The molecule has 6 rings (SSSR count). The summed E-state index contributed by atoms with van der Waals surface area (Å²) in [4.78, 5) is 255. The van der Waals surface area contributed by atoms with E-state index in [9.17, 15) is 73.2 Å². The second-order valence-corrected chi connectivity index (χ2v) is 31.3. The normalized spacial score (nSPS) is 19.6. The van der Waals surface area contributed by atoms with E-state index < -0.39 is 230 Å². The standard InChI is InChI=1S/C79H118N20O21/c1-42(2)36-54(93-66(107)48(82)25-29-64(103)104)68(109)94-55(38-44-21-23-46(100)24-22-44)69(110)89-50(27-30-65(105)106)67(108)95-57(40-62(83)101)71(112)90-51(16-7-9-31-80)75(116)98-35-13-20-61(98)77(118)99-60(18-11-33-86-79(84)85)73(114)92-52(17-8-10-32-81)74(115)97-34-12-19-59(97)72(113)96-56(39-45-41-87-49-15-6-5-14-47(45)49)70(111)91-53(76(99)117)26-28-63(102)88-58(78(119)120)37-43(3)4/h5-6,14-15,21-24,41-43,48,50-61,87,100H,7-13,16-20,25-40,80-82H2,1-4H3,(H2,83,101)(H,88,102)(H,89,110)(H,90,112)(H,91,111)(H,92,114)(H,93,107)(H,94,109)(H,95,108)(H,96,113)(H,103,104)(H,105,106)(H,119,120)(H4,84,85,86)/t48-,50-,51-,52-,53+,54-,55-,56-,57-,58?,59-,60+,61-/m0/s1. The van der Waals surface area contributed by atoms with Crippen LogP contribution in [0.25, 0.3) is 10.9 Å². The number of aromatic nitrogens is 1. The number of nitrogens with one attached hydrogen (secondary N) is 10. The number of primary amides is 1. The topological polar surface area (TPSA) is 673 Å². The van der Waals surface area contributed by atoms with Crippen LogP contribution >= 0.6 is 0 Å². The molecule has 2 aromatic carbocycles. The summed E-state index contributed by atoms with van der Waals surface area (Å²) in [5.74, 6) is -20.4. The van der Waals surface area contributed by atoms with Crippen LogP contribution in [-0.2, 0) is 94.3 Å². The van der Waals surface area contributed by atoms with Crippen molar-refractivity contribution in [2.45, 2.75) is 254 Å². The lowest BCUT2D eigenvalue weighted by Gasteiger charge is -2.37. The predicted octanol–water partition coefficient (Wildman–Crippen LogP) is -3.06. The minimum Gasteiger partial charge on any atom is -0.508 e. The minimum absolute atomic E-state index is 0.0103. The molecule has 0 aliphatic carbocycles. The summed E-state index contributed by atoms with van der Waals surface area (Å²) >= 11 is 0. The fourth-order valence-corrected chi connectivity index (χ4v) is 14.6. The highest BCUT2D eigenvalue weighted by molar-refractivity contribution is 6.08. The number of carbonyl (C=O) groups is 17. The number of phenols is 1. The molecule has 14 amide bonds. The van der Waals surface area contributed by atoms with Crippen LogP contribution in [0.15, 0.2) is 59.7 Å². The number of hydrogen-bond donors (Lipinski definition) is 20. The van der Waals surface area contributed by atoms with Crippen LogP contribution in [-0.4, -0.2) is 258 Å². The maximum absolute atomic E-state index is 16.4. The molecule has 13 atom stereocenters. The van der Waals surface area contributed by atoms with E-state index in [2.05, 4.69) is 57.8 Å². The average Bonchev–Trinajstić information content (AvgIpc) is 1.48. The summed E-state index contributed by atoms with van der Waals surface area (Å²) in [7, 11) is 0. The number of imide groups is 1. The summed E-state index contributed by atoms with van der Waals surface area (Å²) in [6, 6.07) is -9.33. The van der Waals surface area contributed by atoms with Crippen LogP contribution in [0.1, 0.15) is 174 Å². The quantitative estimate of drug-likeness (QED) is 0.0116. The van der Waals surface area contributed by atoms with Gasteiger partial charge in [0.2, 0.25) is 70.9 Å². The molecule has 3 aliphatic heterocycles. The van der Waals surface area contributed by atoms with Gasteiger partial charge in [-0.15, -0.1) is 0 Å². The Morgan fingerprint density at radius 2 is 1.14 bits per heavy atom. The second kappa shape index (κ2) is 47.6. The third-order valence-electron chi connectivity index (χ3n) is 20.8. The molecule has 3 saturated heterocycles. The minimum atomic E-state index is -2.05. The third-order valence-corrected chi connectivity index (χ3v) is 20.8. The first-order chi connectivity index (χ1) is 56.9. The molecule has 0 saturated carbocycles. The second-order valence-electron chi connectivity index (χ2n) is 31.3. The van der Waals surface area contributed by atoms with Gasteiger partial charge in [0.15, 0.2) is 5.96 Å². The van der Waals surface area contributed by atoms with Crippen molar-refractivity contribution >= 4 is 117 Å². The number of para-hydroxylation sites is 1. The van der Waals surface area contributed by atoms with Gasteiger partial charge in [-0.25, -0.2) is 4.79 Å². The Morgan fingerprint density at radius 3 is 1.79 bits per heavy atom. The molecule has 1 unspecified atom stereocenters. The molecular formula is C79H118N20O21. The number of aliphatic carboxylic acids is 3. The van der Waals surface area contributed by atoms with Gasteiger partial charge in [-0.05, 0) is 163 Å². The largest absolute Gasteiger partial charge is 0.508 e. The van der Waals surface area contributed by atoms with Crippen molar-refractivity contribution in [3.63, 3.8) is 0 Å². The third kappa shape index (κ3) is 29.9. The number of amides is 14. The van der Waals surface area contributed by atoms with Crippen LogP contribution in [0.2, 0.25) is 0 Å². The Kier molecular flexibility index (Phi) is 38.5. The molecule has 0 spiro atoms. The highest BCUT2D eigenvalue weighted by atomic mass is 16.4. The van der Waals surface area contributed by atoms with Gasteiger partial charge in [-0.2, -0.15) is 0 Å². The first kappa shape index (κ1) is 97.0. The molecule has 0 radical (unpaired) electrons. The summed E-state index contributed by atoms with van der Waals surface area (Å²) in [5, 5.41) is 63.1. The van der Waals surface area contributed by atoms with Crippen molar-refractivity contribution < 1.29 is 102 Å². The number of unbranched alkanes of at least 4 members (excludes halogenated alkanes) is 2. The Morgan fingerprint density at radius 1 is 0.567 bits per heavy atom. The van der Waals surface area contributed by atoms with Crippen LogP contribution in [0.5, 0.6) is 5.75 Å². The lowest BCUT2D eigenvalue weighted by molar-refractivity contribution is -0.159. The maximum Gasteiger partial charge on any atom is 0.326 e. The molecule has 41 heteroatoms. The molecule has 0 bridgehead atoms. The monoisotopic (exact) mass is 1680 g/mol. The van der Waals surface area contributed by atoms with Gasteiger partial charge in [0, 0.05) is 68.8 Å². The van der Waals surface area contributed by atoms with E-state index in [0.717, 1.165) is 4.90 Å². The van der Waals surface area contributed by atoms with Gasteiger partial charge in [-0.1, -0.05) is 58.0 Å². The molecule has 26 N–H and O–H groups in total. The zero-order chi connectivity index (χ0) is 88.6. The number of benzene rings is 2. The van der Waals surface area contributed by atoms with Gasteiger partial charge < -0.3 is 117 Å². The van der Waals surface area contributed by atoms with Gasteiger partial charge in [0.05, 0.1) is 12.5 Å². The number of carboxylic acid groups (broad SMARTS) is 3. The van der Waals surface area contributed by atoms with Gasteiger partial charge in [0.25, 0.3) is 11.8 Å². The van der Waals surface area contributed by atoms with E-state index in [1.54, 1.807) is 58.2 Å². The zero-order valence-electron chi connectivity index (χ0n) is 68.1. The number of fused-ring (bicyclic) bond motifs is 2. The first-order valence-corrected chi connectivity index (χ1v) is 40.6. The van der Waals surface area contributed by atoms with Crippen molar-refractivity contribution in [2.75, 3.05) is 32.7 Å². The van der Waals surface area contributed by atoms with Gasteiger partial charge in [-0.3, -0.25) is 86.6 Å². The number of hydrogen-bond acceptors (Lipinski definition) is 22. The number of phenolic OH excluding ortho intramolecular Hbond substituents is 1. The van der Waals surface area contributed by atoms with E-state index in [1.165, 1.54) is 29.2 Å². The number of nitrogens with zero attached hydrogens (tertiary/aromatic N) is 4. The van der Waals surface area contributed by atoms with E-state index in [4.69, 9.17) is 34.4 Å². The Hall–Kier alpha value is -11.9. The van der Waals surface area contributed by atoms with Crippen LogP contribution < -0.4 is 82.3 Å². The van der Waals surface area contributed by atoms with E-state index in [0.29, 0.717) is 39.8 Å². The predicted molar refractivity (Wildman–Crippen MR) is 433 cm³/mol. The summed E-state index contributed by atoms with van der Waals surface area (Å²) in [5.41, 5.74) is 36.5. The highest BCUT2D eigenvalue weighted by Gasteiger charge is 2.49. The van der Waals surface area contributed by atoms with Crippen molar-refractivity contribution in [1.29, 1.82) is 0 Å². The van der Waals surface area contributed by atoms with E-state index in [-0.39, 0.29) is 140 Å². The molecular weight excluding hydrogens is 1560 g/mol.